The number of hydrogen-bond donors (Lipinski definition) is 1. The Morgan fingerprint density at radius 2 is 1.76 bits per heavy atom. The third-order valence-corrected chi connectivity index (χ3v) is 3.54. The van der Waals surface area contributed by atoms with E-state index in [0.29, 0.717) is 5.95 Å². The fourth-order valence-electron chi connectivity index (χ4n) is 2.19. The highest BCUT2D eigenvalue weighted by Crippen LogP contribution is 2.40. The summed E-state index contributed by atoms with van der Waals surface area (Å²) in [5.74, 6) is 1.43. The van der Waals surface area contributed by atoms with E-state index in [4.69, 9.17) is 0 Å². The molecule has 1 aromatic heterocycles. The third-order valence-electron chi connectivity index (χ3n) is 3.54. The Bertz CT molecular complexity index is 396. The third kappa shape index (κ3) is 2.73. The van der Waals surface area contributed by atoms with Crippen molar-refractivity contribution in [3.05, 3.63) is 11.4 Å². The molecule has 0 spiro atoms. The summed E-state index contributed by atoms with van der Waals surface area (Å²) < 4.78 is 0. The van der Waals surface area contributed by atoms with E-state index in [9.17, 15) is 0 Å². The van der Waals surface area contributed by atoms with Gasteiger partial charge in [0, 0.05) is 5.54 Å². The summed E-state index contributed by atoms with van der Waals surface area (Å²) in [7, 11) is 0. The van der Waals surface area contributed by atoms with Gasteiger partial charge in [-0.05, 0) is 45.4 Å². The van der Waals surface area contributed by atoms with Gasteiger partial charge in [-0.1, -0.05) is 13.8 Å². The number of nitrogens with one attached hydrogen (secondary N) is 1. The first-order chi connectivity index (χ1) is 8.06. The maximum absolute atomic E-state index is 4.57. The van der Waals surface area contributed by atoms with Crippen LogP contribution in [0.1, 0.15) is 51.9 Å². The van der Waals surface area contributed by atoms with E-state index < -0.39 is 0 Å². The molecule has 1 N–H and O–H groups in total. The van der Waals surface area contributed by atoms with E-state index in [1.165, 1.54) is 12.8 Å². The van der Waals surface area contributed by atoms with Gasteiger partial charge in [0.25, 0.3) is 0 Å². The lowest BCUT2D eigenvalue weighted by Gasteiger charge is -2.26. The van der Waals surface area contributed by atoms with E-state index in [1.807, 2.05) is 0 Å². The fourth-order valence-corrected chi connectivity index (χ4v) is 2.19. The second-order valence-corrected chi connectivity index (χ2v) is 5.36. The summed E-state index contributed by atoms with van der Waals surface area (Å²) in [6, 6.07) is 0. The molecule has 1 fully saturated rings. The van der Waals surface area contributed by atoms with Crippen LogP contribution < -0.4 is 5.32 Å². The summed E-state index contributed by atoms with van der Waals surface area (Å²) in [6.07, 6.45) is 4.43. The number of hydrogen-bond acceptors (Lipinski definition) is 4. The van der Waals surface area contributed by atoms with Crippen molar-refractivity contribution < 1.29 is 0 Å². The minimum atomic E-state index is 0.0838. The number of aryl methyl sites for hydroxylation is 2. The van der Waals surface area contributed by atoms with Crippen LogP contribution in [-0.4, -0.2) is 20.7 Å². The van der Waals surface area contributed by atoms with Crippen LogP contribution in [0.15, 0.2) is 0 Å². The standard InChI is InChI=1S/C13H22N4/c1-5-10-11(6-2)16-17-12(14-10)15-13(3,4)9-7-8-9/h9H,5-8H2,1-4H3,(H,14,15,17). The van der Waals surface area contributed by atoms with E-state index in [-0.39, 0.29) is 5.54 Å². The van der Waals surface area contributed by atoms with Crippen molar-refractivity contribution in [3.63, 3.8) is 0 Å². The van der Waals surface area contributed by atoms with Crippen LogP contribution in [0.25, 0.3) is 0 Å². The largest absolute Gasteiger partial charge is 0.348 e. The lowest BCUT2D eigenvalue weighted by Crippen LogP contribution is -2.34. The van der Waals surface area contributed by atoms with Crippen molar-refractivity contribution in [2.24, 2.45) is 5.92 Å². The molecular formula is C13H22N4. The maximum atomic E-state index is 4.57. The van der Waals surface area contributed by atoms with Gasteiger partial charge in [-0.25, -0.2) is 4.98 Å². The molecule has 0 bridgehead atoms. The molecule has 0 saturated heterocycles. The smallest absolute Gasteiger partial charge is 0.243 e. The minimum Gasteiger partial charge on any atom is -0.348 e. The summed E-state index contributed by atoms with van der Waals surface area (Å²) in [5.41, 5.74) is 2.17. The number of rotatable bonds is 5. The first-order valence-electron chi connectivity index (χ1n) is 6.57. The highest BCUT2D eigenvalue weighted by molar-refractivity contribution is 5.30. The number of aromatic nitrogens is 3. The van der Waals surface area contributed by atoms with Crippen molar-refractivity contribution in [2.75, 3.05) is 5.32 Å². The molecule has 1 aromatic rings. The van der Waals surface area contributed by atoms with Crippen LogP contribution in [0.2, 0.25) is 0 Å². The Balaban J connectivity index is 2.16. The molecule has 0 aliphatic heterocycles. The second kappa shape index (κ2) is 4.59. The van der Waals surface area contributed by atoms with Crippen LogP contribution >= 0.6 is 0 Å². The molecule has 1 heterocycles. The Morgan fingerprint density at radius 1 is 1.12 bits per heavy atom. The van der Waals surface area contributed by atoms with Crippen LogP contribution in [0.5, 0.6) is 0 Å². The molecule has 1 aliphatic rings. The Hall–Kier alpha value is -1.19. The molecule has 1 saturated carbocycles. The zero-order chi connectivity index (χ0) is 12.5. The van der Waals surface area contributed by atoms with Gasteiger partial charge < -0.3 is 5.32 Å². The van der Waals surface area contributed by atoms with E-state index >= 15 is 0 Å². The van der Waals surface area contributed by atoms with Gasteiger partial charge >= 0.3 is 0 Å². The normalized spacial score (nSPS) is 16.0. The monoisotopic (exact) mass is 234 g/mol. The van der Waals surface area contributed by atoms with Crippen molar-refractivity contribution in [3.8, 4) is 0 Å². The average molecular weight is 234 g/mol. The predicted octanol–water partition coefficient (Wildman–Crippen LogP) is 2.60. The quantitative estimate of drug-likeness (QED) is 0.850. The average Bonchev–Trinajstić information content (AvgIpc) is 3.12. The van der Waals surface area contributed by atoms with Crippen molar-refractivity contribution in [1.29, 1.82) is 0 Å². The summed E-state index contributed by atoms with van der Waals surface area (Å²) in [4.78, 5) is 4.57. The lowest BCUT2D eigenvalue weighted by molar-refractivity contribution is 0.488. The van der Waals surface area contributed by atoms with Gasteiger partial charge in [0.15, 0.2) is 0 Å². The van der Waals surface area contributed by atoms with Crippen LogP contribution in [-0.2, 0) is 12.8 Å². The number of nitrogens with zero attached hydrogens (tertiary/aromatic N) is 3. The molecule has 4 nitrogen and oxygen atoms in total. The molecule has 0 radical (unpaired) electrons. The zero-order valence-corrected chi connectivity index (χ0v) is 11.2. The fraction of sp³-hybridized carbons (Fsp3) is 0.769. The van der Waals surface area contributed by atoms with Gasteiger partial charge in [0.05, 0.1) is 11.4 Å². The van der Waals surface area contributed by atoms with Crippen molar-refractivity contribution in [1.82, 2.24) is 15.2 Å². The lowest BCUT2D eigenvalue weighted by atomic mass is 9.99. The Morgan fingerprint density at radius 3 is 2.29 bits per heavy atom. The molecule has 4 heteroatoms. The highest BCUT2D eigenvalue weighted by atomic mass is 15.3. The molecule has 0 amide bonds. The molecule has 0 atom stereocenters. The van der Waals surface area contributed by atoms with Gasteiger partial charge in [0.1, 0.15) is 0 Å². The molecule has 94 valence electrons. The van der Waals surface area contributed by atoms with Crippen molar-refractivity contribution in [2.45, 2.75) is 58.9 Å². The van der Waals surface area contributed by atoms with Crippen LogP contribution in [0.4, 0.5) is 5.95 Å². The van der Waals surface area contributed by atoms with Crippen LogP contribution in [0, 0.1) is 5.92 Å². The van der Waals surface area contributed by atoms with Gasteiger partial charge in [-0.2, -0.15) is 5.10 Å². The van der Waals surface area contributed by atoms with E-state index in [1.54, 1.807) is 0 Å². The SMILES string of the molecule is CCc1nnc(NC(C)(C)C2CC2)nc1CC. The molecule has 2 rings (SSSR count). The maximum Gasteiger partial charge on any atom is 0.243 e. The predicted molar refractivity (Wildman–Crippen MR) is 69.0 cm³/mol. The minimum absolute atomic E-state index is 0.0838. The van der Waals surface area contributed by atoms with Gasteiger partial charge in [-0.3, -0.25) is 0 Å². The first kappa shape index (κ1) is 12.3. The topological polar surface area (TPSA) is 50.7 Å². The molecule has 1 aliphatic carbocycles. The highest BCUT2D eigenvalue weighted by Gasteiger charge is 2.38. The second-order valence-electron chi connectivity index (χ2n) is 5.36. The van der Waals surface area contributed by atoms with Crippen LogP contribution in [0.3, 0.4) is 0 Å². The van der Waals surface area contributed by atoms with E-state index in [0.717, 1.165) is 30.1 Å². The molecule has 0 unspecified atom stereocenters. The zero-order valence-electron chi connectivity index (χ0n) is 11.2. The summed E-state index contributed by atoms with van der Waals surface area (Å²) >= 11 is 0. The molecule has 17 heavy (non-hydrogen) atoms. The van der Waals surface area contributed by atoms with Gasteiger partial charge in [-0.15, -0.1) is 5.10 Å². The Kier molecular flexibility index (Phi) is 3.31. The Labute approximate surface area is 103 Å². The van der Waals surface area contributed by atoms with Gasteiger partial charge in [0.2, 0.25) is 5.95 Å². The van der Waals surface area contributed by atoms with E-state index in [2.05, 4.69) is 48.2 Å². The molecular weight excluding hydrogens is 212 g/mol. The number of anilines is 1. The summed E-state index contributed by atoms with van der Waals surface area (Å²) in [6.45, 7) is 8.63. The van der Waals surface area contributed by atoms with Crippen molar-refractivity contribution >= 4 is 5.95 Å². The summed E-state index contributed by atoms with van der Waals surface area (Å²) in [5, 5.41) is 11.9. The first-order valence-corrected chi connectivity index (χ1v) is 6.57. The molecule has 0 aromatic carbocycles.